The highest BCUT2D eigenvalue weighted by Crippen LogP contribution is 2.33. The summed E-state index contributed by atoms with van der Waals surface area (Å²) in [5.41, 5.74) is -1.78. The van der Waals surface area contributed by atoms with Gasteiger partial charge in [0.05, 0.1) is 23.1 Å². The first-order valence-electron chi connectivity index (χ1n) is 4.31. The number of hydrogen-bond donors (Lipinski definition) is 0. The van der Waals surface area contributed by atoms with Gasteiger partial charge in [-0.2, -0.15) is 13.2 Å². The number of rotatable bonds is 2. The lowest BCUT2D eigenvalue weighted by Gasteiger charge is -2.10. The maximum atomic E-state index is 12.4. The number of carbonyl (C=O) groups is 1. The third-order valence-electron chi connectivity index (χ3n) is 1.98. The van der Waals surface area contributed by atoms with E-state index in [-0.39, 0.29) is 6.07 Å². The van der Waals surface area contributed by atoms with E-state index in [9.17, 15) is 26.4 Å². The second-order valence-corrected chi connectivity index (χ2v) is 5.67. The summed E-state index contributed by atoms with van der Waals surface area (Å²) in [5, 5.41) is 0. The Morgan fingerprint density at radius 1 is 1.33 bits per heavy atom. The summed E-state index contributed by atoms with van der Waals surface area (Å²) in [6.45, 7) is 0. The van der Waals surface area contributed by atoms with E-state index in [1.807, 2.05) is 0 Å². The van der Waals surface area contributed by atoms with Gasteiger partial charge in [0, 0.05) is 10.7 Å². The Labute approximate surface area is 105 Å². The minimum Gasteiger partial charge on any atom is -0.465 e. The van der Waals surface area contributed by atoms with E-state index in [1.165, 1.54) is 0 Å². The van der Waals surface area contributed by atoms with Crippen molar-refractivity contribution < 1.29 is 31.1 Å². The van der Waals surface area contributed by atoms with Crippen LogP contribution in [0.3, 0.4) is 0 Å². The Hall–Kier alpha value is -1.28. The number of hydrogen-bond acceptors (Lipinski definition) is 4. The lowest BCUT2D eigenvalue weighted by atomic mass is 10.1. The largest absolute Gasteiger partial charge is 0.465 e. The lowest BCUT2D eigenvalue weighted by molar-refractivity contribution is -0.137. The van der Waals surface area contributed by atoms with Gasteiger partial charge in [-0.3, -0.25) is 0 Å². The Bertz CT molecular complexity index is 580. The normalized spacial score (nSPS) is 12.3. The summed E-state index contributed by atoms with van der Waals surface area (Å²) in [6, 6.07) is 1.55. The van der Waals surface area contributed by atoms with Gasteiger partial charge in [-0.05, 0) is 18.2 Å². The molecule has 0 bridgehead atoms. The van der Waals surface area contributed by atoms with Crippen molar-refractivity contribution in [3.05, 3.63) is 29.3 Å². The van der Waals surface area contributed by atoms with Gasteiger partial charge in [0.1, 0.15) is 0 Å². The molecular formula is C9H6ClF3O4S. The van der Waals surface area contributed by atoms with Gasteiger partial charge in [0.15, 0.2) is 0 Å². The minimum atomic E-state index is -4.75. The quantitative estimate of drug-likeness (QED) is 0.622. The molecule has 0 aliphatic heterocycles. The van der Waals surface area contributed by atoms with Gasteiger partial charge in [0.2, 0.25) is 0 Å². The minimum absolute atomic E-state index is 0.286. The molecule has 0 saturated heterocycles. The molecule has 18 heavy (non-hydrogen) atoms. The molecule has 0 radical (unpaired) electrons. The van der Waals surface area contributed by atoms with Crippen LogP contribution >= 0.6 is 10.7 Å². The number of ether oxygens (including phenoxy) is 1. The van der Waals surface area contributed by atoms with Crippen LogP contribution in [0.25, 0.3) is 0 Å². The molecule has 9 heteroatoms. The molecule has 0 aliphatic rings. The molecule has 0 fully saturated rings. The molecule has 1 aromatic rings. The number of alkyl halides is 3. The Kier molecular flexibility index (Phi) is 3.92. The van der Waals surface area contributed by atoms with Gasteiger partial charge in [0.25, 0.3) is 9.05 Å². The van der Waals surface area contributed by atoms with Crippen molar-refractivity contribution in [1.29, 1.82) is 0 Å². The van der Waals surface area contributed by atoms with Crippen molar-refractivity contribution in [2.24, 2.45) is 0 Å². The highest BCUT2D eigenvalue weighted by molar-refractivity contribution is 8.13. The summed E-state index contributed by atoms with van der Waals surface area (Å²) >= 11 is 0. The van der Waals surface area contributed by atoms with Crippen LogP contribution in [0.5, 0.6) is 0 Å². The van der Waals surface area contributed by atoms with Crippen LogP contribution in [0.15, 0.2) is 23.1 Å². The molecule has 0 spiro atoms. The zero-order valence-corrected chi connectivity index (χ0v) is 10.4. The van der Waals surface area contributed by atoms with Crippen LogP contribution in [0.1, 0.15) is 15.9 Å². The van der Waals surface area contributed by atoms with Crippen LogP contribution in [0.4, 0.5) is 13.2 Å². The Balaban J connectivity index is 3.55. The molecule has 0 amide bonds. The first-order valence-corrected chi connectivity index (χ1v) is 6.62. The zero-order chi connectivity index (χ0) is 14.1. The highest BCUT2D eigenvalue weighted by Gasteiger charge is 2.33. The van der Waals surface area contributed by atoms with Crippen LogP contribution in [0.2, 0.25) is 0 Å². The number of carbonyl (C=O) groups excluding carboxylic acids is 1. The van der Waals surface area contributed by atoms with Crippen molar-refractivity contribution in [2.45, 2.75) is 11.1 Å². The maximum absolute atomic E-state index is 12.4. The molecule has 0 unspecified atom stereocenters. The van der Waals surface area contributed by atoms with Gasteiger partial charge < -0.3 is 4.74 Å². The average molecular weight is 303 g/mol. The SMILES string of the molecule is COC(=O)c1ccc(C(F)(F)F)cc1S(=O)(=O)Cl. The Morgan fingerprint density at radius 3 is 2.28 bits per heavy atom. The molecule has 0 heterocycles. The number of halogens is 4. The van der Waals surface area contributed by atoms with Crippen molar-refractivity contribution in [3.63, 3.8) is 0 Å². The van der Waals surface area contributed by atoms with E-state index >= 15 is 0 Å². The fourth-order valence-electron chi connectivity index (χ4n) is 1.18. The van der Waals surface area contributed by atoms with Gasteiger partial charge in [-0.15, -0.1) is 0 Å². The Morgan fingerprint density at radius 2 is 1.89 bits per heavy atom. The fourth-order valence-corrected chi connectivity index (χ4v) is 2.24. The number of methoxy groups -OCH3 is 1. The standard InChI is InChI=1S/C9H6ClF3O4S/c1-17-8(14)6-3-2-5(9(11,12)13)4-7(6)18(10,15)16/h2-4H,1H3. The molecule has 100 valence electrons. The van der Waals surface area contributed by atoms with Crippen molar-refractivity contribution in [3.8, 4) is 0 Å². The second-order valence-electron chi connectivity index (χ2n) is 3.14. The van der Waals surface area contributed by atoms with E-state index in [2.05, 4.69) is 4.74 Å². The molecule has 0 atom stereocenters. The average Bonchev–Trinajstić information content (AvgIpc) is 2.24. The first kappa shape index (κ1) is 14.8. The molecule has 0 aromatic heterocycles. The van der Waals surface area contributed by atoms with E-state index in [4.69, 9.17) is 10.7 Å². The lowest BCUT2D eigenvalue weighted by Crippen LogP contribution is -2.11. The zero-order valence-electron chi connectivity index (χ0n) is 8.79. The third-order valence-corrected chi connectivity index (χ3v) is 3.34. The number of esters is 1. The van der Waals surface area contributed by atoms with Gasteiger partial charge >= 0.3 is 12.1 Å². The summed E-state index contributed by atoms with van der Waals surface area (Å²) < 4.78 is 63.8. The molecular weight excluding hydrogens is 297 g/mol. The van der Waals surface area contributed by atoms with E-state index in [1.54, 1.807) is 0 Å². The predicted octanol–water partition coefficient (Wildman–Crippen LogP) is 2.42. The summed E-state index contributed by atoms with van der Waals surface area (Å²) in [5.74, 6) is -1.09. The number of benzene rings is 1. The second kappa shape index (κ2) is 4.77. The molecule has 0 aliphatic carbocycles. The van der Waals surface area contributed by atoms with E-state index in [0.717, 1.165) is 7.11 Å². The first-order chi connectivity index (χ1) is 8.07. The molecule has 1 aromatic carbocycles. The van der Waals surface area contributed by atoms with Gasteiger partial charge in [-0.25, -0.2) is 13.2 Å². The van der Waals surface area contributed by atoms with Crippen molar-refractivity contribution >= 4 is 25.7 Å². The molecule has 0 N–H and O–H groups in total. The van der Waals surface area contributed by atoms with Gasteiger partial charge in [-0.1, -0.05) is 0 Å². The van der Waals surface area contributed by atoms with Crippen molar-refractivity contribution in [2.75, 3.05) is 7.11 Å². The predicted molar refractivity (Wildman–Crippen MR) is 55.8 cm³/mol. The molecule has 1 rings (SSSR count). The monoisotopic (exact) mass is 302 g/mol. The summed E-state index contributed by atoms with van der Waals surface area (Å²) in [7, 11) is 1.45. The highest BCUT2D eigenvalue weighted by atomic mass is 35.7. The molecule has 4 nitrogen and oxygen atoms in total. The smallest absolute Gasteiger partial charge is 0.416 e. The van der Waals surface area contributed by atoms with Crippen LogP contribution in [-0.2, 0) is 20.0 Å². The third kappa shape index (κ3) is 3.14. The van der Waals surface area contributed by atoms with Crippen LogP contribution in [-0.4, -0.2) is 21.5 Å². The van der Waals surface area contributed by atoms with E-state index in [0.29, 0.717) is 12.1 Å². The maximum Gasteiger partial charge on any atom is 0.416 e. The van der Waals surface area contributed by atoms with Crippen molar-refractivity contribution in [1.82, 2.24) is 0 Å². The molecule has 0 saturated carbocycles. The fraction of sp³-hybridized carbons (Fsp3) is 0.222. The summed E-state index contributed by atoms with van der Waals surface area (Å²) in [4.78, 5) is 10.3. The topological polar surface area (TPSA) is 60.4 Å². The van der Waals surface area contributed by atoms with E-state index < -0.39 is 37.2 Å². The van der Waals surface area contributed by atoms with Crippen LogP contribution in [0, 0.1) is 0 Å². The van der Waals surface area contributed by atoms with Crippen LogP contribution < -0.4 is 0 Å². The summed E-state index contributed by atoms with van der Waals surface area (Å²) in [6.07, 6.45) is -4.75.